The van der Waals surface area contributed by atoms with Crippen LogP contribution in [0, 0.1) is 6.92 Å². The molecule has 4 aromatic heterocycles. The Morgan fingerprint density at radius 1 is 1.16 bits per heavy atom. The summed E-state index contributed by atoms with van der Waals surface area (Å²) in [6.07, 6.45) is 0. The van der Waals surface area contributed by atoms with Crippen molar-refractivity contribution in [1.29, 1.82) is 0 Å². The molecule has 1 aliphatic heterocycles. The van der Waals surface area contributed by atoms with E-state index in [0.29, 0.717) is 37.4 Å². The molecule has 0 radical (unpaired) electrons. The summed E-state index contributed by atoms with van der Waals surface area (Å²) in [7, 11) is 0. The molecule has 166 valence electrons. The summed E-state index contributed by atoms with van der Waals surface area (Å²) >= 11 is 4.68. The lowest BCUT2D eigenvalue weighted by Gasteiger charge is -2.34. The number of urea groups is 1. The van der Waals surface area contributed by atoms with Crippen LogP contribution in [-0.2, 0) is 13.1 Å². The van der Waals surface area contributed by atoms with Crippen LogP contribution in [0.5, 0.6) is 0 Å². The standard InChI is InChI=1S/C21H22N6O2S3/c1-13-11-31-17(23-13)9-22-21(29)27-6-4-26(5-7-27)10-16-24-19(28)18-14(12-32-20(18)25-16)15-3-2-8-30-15/h2-3,8,11-12H,4-7,9-10H2,1H3,(H,22,29)(H,24,25,28). The summed E-state index contributed by atoms with van der Waals surface area (Å²) in [5.41, 5.74) is 1.83. The minimum atomic E-state index is -0.0925. The van der Waals surface area contributed by atoms with Gasteiger partial charge < -0.3 is 15.2 Å². The summed E-state index contributed by atoms with van der Waals surface area (Å²) in [5.74, 6) is 0.666. The molecule has 0 unspecified atom stereocenters. The average Bonchev–Trinajstić information content (AvgIpc) is 3.53. The Morgan fingerprint density at radius 2 is 2.00 bits per heavy atom. The number of piperazine rings is 1. The Bertz CT molecular complexity index is 1280. The van der Waals surface area contributed by atoms with Crippen LogP contribution in [-0.4, -0.2) is 57.0 Å². The number of aromatic nitrogens is 3. The highest BCUT2D eigenvalue weighted by Gasteiger charge is 2.22. The van der Waals surface area contributed by atoms with Crippen molar-refractivity contribution < 1.29 is 4.79 Å². The molecule has 4 aromatic rings. The number of carbonyl (C=O) groups excluding carboxylic acids is 1. The van der Waals surface area contributed by atoms with Gasteiger partial charge in [0.05, 0.1) is 18.5 Å². The van der Waals surface area contributed by atoms with Crippen LogP contribution in [0.2, 0.25) is 0 Å². The normalized spacial score (nSPS) is 14.8. The lowest BCUT2D eigenvalue weighted by Crippen LogP contribution is -2.51. The maximum absolute atomic E-state index is 12.8. The maximum atomic E-state index is 12.8. The Morgan fingerprint density at radius 3 is 2.72 bits per heavy atom. The lowest BCUT2D eigenvalue weighted by atomic mass is 10.2. The predicted octanol–water partition coefficient (Wildman–Crippen LogP) is 3.51. The third kappa shape index (κ3) is 4.46. The van der Waals surface area contributed by atoms with Crippen molar-refractivity contribution in [3.8, 4) is 10.4 Å². The minimum absolute atomic E-state index is 0.0647. The quantitative estimate of drug-likeness (QED) is 0.450. The molecule has 0 atom stereocenters. The number of amides is 2. The molecule has 1 saturated heterocycles. The van der Waals surface area contributed by atoms with Crippen LogP contribution < -0.4 is 10.9 Å². The Kier molecular flexibility index (Phi) is 6.05. The van der Waals surface area contributed by atoms with Crippen LogP contribution in [0.25, 0.3) is 20.7 Å². The van der Waals surface area contributed by atoms with Gasteiger partial charge in [-0.25, -0.2) is 14.8 Å². The van der Waals surface area contributed by atoms with E-state index in [2.05, 4.69) is 20.2 Å². The van der Waals surface area contributed by atoms with E-state index in [9.17, 15) is 9.59 Å². The fourth-order valence-electron chi connectivity index (χ4n) is 3.75. The van der Waals surface area contributed by atoms with Gasteiger partial charge in [0, 0.05) is 53.1 Å². The van der Waals surface area contributed by atoms with E-state index >= 15 is 0 Å². The number of hydrogen-bond acceptors (Lipinski definition) is 8. The van der Waals surface area contributed by atoms with Crippen LogP contribution in [0.1, 0.15) is 16.5 Å². The summed E-state index contributed by atoms with van der Waals surface area (Å²) in [6.45, 7) is 5.70. The maximum Gasteiger partial charge on any atom is 0.317 e. The van der Waals surface area contributed by atoms with E-state index < -0.39 is 0 Å². The highest BCUT2D eigenvalue weighted by Crippen LogP contribution is 2.33. The number of rotatable bonds is 5. The fraction of sp³-hybridized carbons (Fsp3) is 0.333. The van der Waals surface area contributed by atoms with Gasteiger partial charge in [0.15, 0.2) is 0 Å². The van der Waals surface area contributed by atoms with Crippen molar-refractivity contribution >= 4 is 50.3 Å². The molecular formula is C21H22N6O2S3. The third-order valence-corrected chi connectivity index (χ3v) is 8.11. The van der Waals surface area contributed by atoms with Gasteiger partial charge in [-0.2, -0.15) is 0 Å². The molecule has 0 spiro atoms. The number of hydrogen-bond donors (Lipinski definition) is 2. The van der Waals surface area contributed by atoms with Crippen LogP contribution in [0.4, 0.5) is 4.79 Å². The number of thiophene rings is 2. The first-order chi connectivity index (χ1) is 15.6. The first-order valence-corrected chi connectivity index (χ1v) is 12.9. The molecule has 2 amide bonds. The van der Waals surface area contributed by atoms with E-state index in [0.717, 1.165) is 39.1 Å². The van der Waals surface area contributed by atoms with Crippen LogP contribution >= 0.6 is 34.0 Å². The highest BCUT2D eigenvalue weighted by molar-refractivity contribution is 7.18. The van der Waals surface area contributed by atoms with Gasteiger partial charge in [0.1, 0.15) is 15.7 Å². The molecule has 0 bridgehead atoms. The van der Waals surface area contributed by atoms with Gasteiger partial charge in [0.2, 0.25) is 0 Å². The van der Waals surface area contributed by atoms with Gasteiger partial charge in [0.25, 0.3) is 5.56 Å². The molecule has 5 heterocycles. The van der Waals surface area contributed by atoms with E-state index in [-0.39, 0.29) is 11.6 Å². The highest BCUT2D eigenvalue weighted by atomic mass is 32.1. The topological polar surface area (TPSA) is 94.2 Å². The van der Waals surface area contributed by atoms with Crippen LogP contribution in [0.3, 0.4) is 0 Å². The number of nitrogens with one attached hydrogen (secondary N) is 2. The molecule has 5 rings (SSSR count). The molecule has 0 aromatic carbocycles. The number of H-pyrrole nitrogens is 1. The number of carbonyl (C=O) groups is 1. The number of aryl methyl sites for hydroxylation is 1. The van der Waals surface area contributed by atoms with Gasteiger partial charge in [-0.15, -0.1) is 34.0 Å². The number of fused-ring (bicyclic) bond motifs is 1. The molecule has 1 aliphatic rings. The van der Waals surface area contributed by atoms with Crippen LogP contribution in [0.15, 0.2) is 33.1 Å². The fourth-order valence-corrected chi connectivity index (χ4v) is 6.24. The molecule has 1 fully saturated rings. The largest absolute Gasteiger partial charge is 0.331 e. The Labute approximate surface area is 196 Å². The first-order valence-electron chi connectivity index (χ1n) is 10.3. The van der Waals surface area contributed by atoms with Gasteiger partial charge in [-0.1, -0.05) is 6.07 Å². The zero-order valence-electron chi connectivity index (χ0n) is 17.5. The van der Waals surface area contributed by atoms with Gasteiger partial charge in [-0.05, 0) is 18.4 Å². The van der Waals surface area contributed by atoms with Crippen molar-refractivity contribution in [1.82, 2.24) is 30.1 Å². The molecule has 8 nitrogen and oxygen atoms in total. The molecule has 11 heteroatoms. The predicted molar refractivity (Wildman–Crippen MR) is 129 cm³/mol. The second-order valence-corrected chi connectivity index (χ2v) is 10.4. The summed E-state index contributed by atoms with van der Waals surface area (Å²) < 4.78 is 0. The summed E-state index contributed by atoms with van der Waals surface area (Å²) in [4.78, 5) is 43.2. The van der Waals surface area contributed by atoms with E-state index in [1.807, 2.05) is 40.1 Å². The van der Waals surface area contributed by atoms with Crippen molar-refractivity contribution in [2.75, 3.05) is 26.2 Å². The molecule has 2 N–H and O–H groups in total. The molecule has 0 aliphatic carbocycles. The molecular weight excluding hydrogens is 464 g/mol. The van der Waals surface area contributed by atoms with E-state index in [1.165, 1.54) is 11.3 Å². The zero-order valence-corrected chi connectivity index (χ0v) is 19.9. The summed E-state index contributed by atoms with van der Waals surface area (Å²) in [6, 6.07) is 3.94. The monoisotopic (exact) mass is 486 g/mol. The number of thiazole rings is 1. The second-order valence-electron chi connectivity index (χ2n) is 7.62. The smallest absolute Gasteiger partial charge is 0.317 e. The summed E-state index contributed by atoms with van der Waals surface area (Å²) in [5, 5.41) is 10.5. The zero-order chi connectivity index (χ0) is 22.1. The molecule has 32 heavy (non-hydrogen) atoms. The van der Waals surface area contributed by atoms with E-state index in [1.54, 1.807) is 22.7 Å². The minimum Gasteiger partial charge on any atom is -0.331 e. The third-order valence-electron chi connectivity index (χ3n) is 5.37. The average molecular weight is 487 g/mol. The van der Waals surface area contributed by atoms with Crippen molar-refractivity contribution in [2.24, 2.45) is 0 Å². The van der Waals surface area contributed by atoms with Gasteiger partial charge >= 0.3 is 6.03 Å². The second kappa shape index (κ2) is 9.10. The number of nitrogens with zero attached hydrogens (tertiary/aromatic N) is 4. The SMILES string of the molecule is Cc1csc(CNC(=O)N2CCN(Cc3nc4scc(-c5cccs5)c4c(=O)[nH]3)CC2)n1. The van der Waals surface area contributed by atoms with E-state index in [4.69, 9.17) is 4.98 Å². The van der Waals surface area contributed by atoms with Crippen molar-refractivity contribution in [3.63, 3.8) is 0 Å². The number of aromatic amines is 1. The Balaban J connectivity index is 1.19. The molecule has 0 saturated carbocycles. The van der Waals surface area contributed by atoms with Crippen molar-refractivity contribution in [2.45, 2.75) is 20.0 Å². The lowest BCUT2D eigenvalue weighted by molar-refractivity contribution is 0.133. The van der Waals surface area contributed by atoms with Gasteiger partial charge in [-0.3, -0.25) is 9.69 Å². The first kappa shape index (κ1) is 21.3. The van der Waals surface area contributed by atoms with Crippen molar-refractivity contribution in [3.05, 3.63) is 55.2 Å². The Hall–Kier alpha value is -2.60.